The fourth-order valence-corrected chi connectivity index (χ4v) is 1.47. The van der Waals surface area contributed by atoms with Crippen LogP contribution in [0.15, 0.2) is 25.8 Å². The first-order valence-electron chi connectivity index (χ1n) is 6.60. The second-order valence-corrected chi connectivity index (χ2v) is 3.85. The van der Waals surface area contributed by atoms with Gasteiger partial charge in [0.05, 0.1) is 6.61 Å². The maximum atomic E-state index is 10.7. The standard InChI is InChI=1S/C13H24O2.C2H4/c1-3-5-6-7-8-9-10-11-12-15-13(14)4-2;1-2/h4H,2-3,5-12H2,1H3;1-2H2. The van der Waals surface area contributed by atoms with E-state index < -0.39 is 0 Å². The van der Waals surface area contributed by atoms with E-state index in [2.05, 4.69) is 26.7 Å². The van der Waals surface area contributed by atoms with E-state index in [9.17, 15) is 4.79 Å². The zero-order valence-corrected chi connectivity index (χ0v) is 11.4. The molecule has 0 saturated heterocycles. The molecule has 0 fully saturated rings. The third kappa shape index (κ3) is 17.6. The number of rotatable bonds is 10. The summed E-state index contributed by atoms with van der Waals surface area (Å²) in [6, 6.07) is 0. The van der Waals surface area contributed by atoms with E-state index in [1.807, 2.05) is 0 Å². The second-order valence-electron chi connectivity index (χ2n) is 3.85. The zero-order valence-electron chi connectivity index (χ0n) is 11.4. The topological polar surface area (TPSA) is 26.3 Å². The van der Waals surface area contributed by atoms with Gasteiger partial charge in [0.2, 0.25) is 0 Å². The minimum atomic E-state index is -0.307. The fraction of sp³-hybridized carbons (Fsp3) is 0.667. The molecule has 0 atom stereocenters. The highest BCUT2D eigenvalue weighted by atomic mass is 16.5. The molecule has 0 aliphatic rings. The van der Waals surface area contributed by atoms with Crippen LogP contribution in [0, 0.1) is 0 Å². The summed E-state index contributed by atoms with van der Waals surface area (Å²) in [6.45, 7) is 12.1. The fourth-order valence-electron chi connectivity index (χ4n) is 1.47. The van der Waals surface area contributed by atoms with Crippen LogP contribution in [-0.4, -0.2) is 12.6 Å². The number of hydrogen-bond donors (Lipinski definition) is 0. The van der Waals surface area contributed by atoms with Gasteiger partial charge < -0.3 is 4.74 Å². The van der Waals surface area contributed by atoms with Crippen LogP contribution >= 0.6 is 0 Å². The van der Waals surface area contributed by atoms with Crippen LogP contribution in [-0.2, 0) is 9.53 Å². The van der Waals surface area contributed by atoms with Gasteiger partial charge in [-0.05, 0) is 6.42 Å². The van der Waals surface area contributed by atoms with Crippen molar-refractivity contribution in [3.8, 4) is 0 Å². The van der Waals surface area contributed by atoms with Gasteiger partial charge in [0, 0.05) is 6.08 Å². The summed E-state index contributed by atoms with van der Waals surface area (Å²) in [6.07, 6.45) is 11.3. The molecule has 2 nitrogen and oxygen atoms in total. The Morgan fingerprint density at radius 1 is 1.00 bits per heavy atom. The van der Waals surface area contributed by atoms with E-state index in [4.69, 9.17) is 4.74 Å². The summed E-state index contributed by atoms with van der Waals surface area (Å²) in [5, 5.41) is 0. The molecular weight excluding hydrogens is 212 g/mol. The highest BCUT2D eigenvalue weighted by molar-refractivity contribution is 5.81. The molecule has 0 heterocycles. The molecule has 0 aliphatic heterocycles. The van der Waals surface area contributed by atoms with Crippen LogP contribution in [0.4, 0.5) is 0 Å². The van der Waals surface area contributed by atoms with E-state index in [1.165, 1.54) is 44.6 Å². The first-order chi connectivity index (χ1) is 8.31. The Kier molecular flexibility index (Phi) is 18.7. The second kappa shape index (κ2) is 17.3. The zero-order chi connectivity index (χ0) is 13.4. The van der Waals surface area contributed by atoms with Crippen LogP contribution < -0.4 is 0 Å². The Morgan fingerprint density at radius 2 is 1.47 bits per heavy atom. The first-order valence-corrected chi connectivity index (χ1v) is 6.60. The SMILES string of the molecule is C=C.C=CC(=O)OCCCCCCCCCC. The third-order valence-corrected chi connectivity index (χ3v) is 2.41. The number of ether oxygens (including phenoxy) is 1. The van der Waals surface area contributed by atoms with Crippen molar-refractivity contribution in [1.29, 1.82) is 0 Å². The molecule has 0 unspecified atom stereocenters. The summed E-state index contributed by atoms with van der Waals surface area (Å²) < 4.78 is 4.88. The summed E-state index contributed by atoms with van der Waals surface area (Å²) in [7, 11) is 0. The summed E-state index contributed by atoms with van der Waals surface area (Å²) in [5.41, 5.74) is 0. The van der Waals surface area contributed by atoms with Crippen LogP contribution in [0.5, 0.6) is 0 Å². The molecule has 0 aliphatic carbocycles. The Balaban J connectivity index is 0. The Morgan fingerprint density at radius 3 is 1.94 bits per heavy atom. The predicted octanol–water partition coefficient (Wildman–Crippen LogP) is 4.66. The largest absolute Gasteiger partial charge is 0.463 e. The molecule has 0 amide bonds. The molecule has 0 aromatic carbocycles. The van der Waals surface area contributed by atoms with Crippen molar-refractivity contribution < 1.29 is 9.53 Å². The van der Waals surface area contributed by atoms with E-state index in [0.29, 0.717) is 6.61 Å². The van der Waals surface area contributed by atoms with Gasteiger partial charge in [-0.15, -0.1) is 13.2 Å². The monoisotopic (exact) mass is 240 g/mol. The van der Waals surface area contributed by atoms with Crippen molar-refractivity contribution in [2.45, 2.75) is 58.3 Å². The minimum Gasteiger partial charge on any atom is -0.463 e. The van der Waals surface area contributed by atoms with Gasteiger partial charge in [0.25, 0.3) is 0 Å². The Hall–Kier alpha value is -1.05. The molecule has 0 aromatic rings. The van der Waals surface area contributed by atoms with Gasteiger partial charge in [-0.25, -0.2) is 4.79 Å². The number of hydrogen-bond acceptors (Lipinski definition) is 2. The average molecular weight is 240 g/mol. The lowest BCUT2D eigenvalue weighted by Crippen LogP contribution is -2.01. The van der Waals surface area contributed by atoms with Gasteiger partial charge in [-0.2, -0.15) is 0 Å². The number of carbonyl (C=O) groups excluding carboxylic acids is 1. The van der Waals surface area contributed by atoms with Crippen LogP contribution in [0.2, 0.25) is 0 Å². The molecule has 0 radical (unpaired) electrons. The van der Waals surface area contributed by atoms with Crippen molar-refractivity contribution in [2.75, 3.05) is 6.61 Å². The lowest BCUT2D eigenvalue weighted by molar-refractivity contribution is -0.137. The Labute approximate surface area is 107 Å². The van der Waals surface area contributed by atoms with Crippen LogP contribution in [0.3, 0.4) is 0 Å². The lowest BCUT2D eigenvalue weighted by atomic mass is 10.1. The summed E-state index contributed by atoms with van der Waals surface area (Å²) in [5.74, 6) is -0.307. The van der Waals surface area contributed by atoms with E-state index >= 15 is 0 Å². The smallest absolute Gasteiger partial charge is 0.330 e. The molecule has 100 valence electrons. The summed E-state index contributed by atoms with van der Waals surface area (Å²) >= 11 is 0. The van der Waals surface area contributed by atoms with Crippen LogP contribution in [0.1, 0.15) is 58.3 Å². The van der Waals surface area contributed by atoms with Crippen molar-refractivity contribution in [2.24, 2.45) is 0 Å². The quantitative estimate of drug-likeness (QED) is 0.240. The van der Waals surface area contributed by atoms with E-state index in [1.54, 1.807) is 0 Å². The van der Waals surface area contributed by atoms with Gasteiger partial charge in [-0.1, -0.05) is 58.4 Å². The lowest BCUT2D eigenvalue weighted by Gasteiger charge is -2.02. The Bertz CT molecular complexity index is 176. The molecule has 0 rings (SSSR count). The van der Waals surface area contributed by atoms with E-state index in [0.717, 1.165) is 12.8 Å². The summed E-state index contributed by atoms with van der Waals surface area (Å²) in [4.78, 5) is 10.7. The molecule has 0 N–H and O–H groups in total. The third-order valence-electron chi connectivity index (χ3n) is 2.41. The van der Waals surface area contributed by atoms with Crippen LogP contribution in [0.25, 0.3) is 0 Å². The van der Waals surface area contributed by atoms with Gasteiger partial charge in [0.1, 0.15) is 0 Å². The minimum absolute atomic E-state index is 0.307. The van der Waals surface area contributed by atoms with Gasteiger partial charge in [-0.3, -0.25) is 0 Å². The number of esters is 1. The molecular formula is C15H28O2. The normalized spacial score (nSPS) is 9.00. The molecule has 2 heteroatoms. The highest BCUT2D eigenvalue weighted by Crippen LogP contribution is 2.08. The first kappa shape index (κ1) is 18.3. The molecule has 17 heavy (non-hydrogen) atoms. The maximum absolute atomic E-state index is 10.7. The average Bonchev–Trinajstić information content (AvgIpc) is 2.39. The van der Waals surface area contributed by atoms with Crippen molar-refractivity contribution in [3.05, 3.63) is 25.8 Å². The highest BCUT2D eigenvalue weighted by Gasteiger charge is 1.95. The number of unbranched alkanes of at least 4 members (excludes halogenated alkanes) is 7. The van der Waals surface area contributed by atoms with E-state index in [-0.39, 0.29) is 5.97 Å². The molecule has 0 bridgehead atoms. The van der Waals surface area contributed by atoms with Gasteiger partial charge >= 0.3 is 5.97 Å². The molecule has 0 aromatic heterocycles. The van der Waals surface area contributed by atoms with Crippen molar-refractivity contribution >= 4 is 5.97 Å². The molecule has 0 spiro atoms. The maximum Gasteiger partial charge on any atom is 0.330 e. The number of carbonyl (C=O) groups is 1. The van der Waals surface area contributed by atoms with Gasteiger partial charge in [0.15, 0.2) is 0 Å². The molecule has 0 saturated carbocycles. The van der Waals surface area contributed by atoms with Crippen molar-refractivity contribution in [1.82, 2.24) is 0 Å². The predicted molar refractivity (Wildman–Crippen MR) is 75.0 cm³/mol. The van der Waals surface area contributed by atoms with Crippen molar-refractivity contribution in [3.63, 3.8) is 0 Å².